The molecule has 1 spiro atoms. The van der Waals surface area contributed by atoms with Gasteiger partial charge in [-0.25, -0.2) is 4.99 Å². The van der Waals surface area contributed by atoms with Crippen LogP contribution in [0.15, 0.2) is 4.99 Å². The topological polar surface area (TPSA) is 70.6 Å². The van der Waals surface area contributed by atoms with Gasteiger partial charge >= 0.3 is 0 Å². The Balaban J connectivity index is 2.08. The van der Waals surface area contributed by atoms with Crippen molar-refractivity contribution < 1.29 is 9.59 Å². The van der Waals surface area contributed by atoms with E-state index in [0.717, 1.165) is 32.1 Å². The summed E-state index contributed by atoms with van der Waals surface area (Å²) in [6, 6.07) is 0. The molecular formula is C12H19N3O2. The third-order valence-corrected chi connectivity index (χ3v) is 3.32. The number of amides is 2. The van der Waals surface area contributed by atoms with Crippen LogP contribution in [-0.4, -0.2) is 29.7 Å². The van der Waals surface area contributed by atoms with Crippen LogP contribution in [-0.2, 0) is 9.59 Å². The first kappa shape index (κ1) is 12.1. The minimum Gasteiger partial charge on any atom is -0.351 e. The quantitative estimate of drug-likeness (QED) is 0.760. The van der Waals surface area contributed by atoms with E-state index in [1.165, 1.54) is 6.42 Å². The third-order valence-electron chi connectivity index (χ3n) is 3.32. The molecule has 94 valence electrons. The summed E-state index contributed by atoms with van der Waals surface area (Å²) in [4.78, 5) is 27.8. The van der Waals surface area contributed by atoms with Crippen LogP contribution in [0.4, 0.5) is 0 Å². The molecule has 1 aliphatic carbocycles. The fraction of sp³-hybridized carbons (Fsp3) is 0.750. The molecule has 0 aromatic carbocycles. The molecule has 5 nitrogen and oxygen atoms in total. The van der Waals surface area contributed by atoms with Crippen LogP contribution in [0, 0.1) is 0 Å². The molecule has 1 aliphatic heterocycles. The Kier molecular flexibility index (Phi) is 3.45. The molecule has 0 bridgehead atoms. The average Bonchev–Trinajstić information content (AvgIpc) is 2.64. The van der Waals surface area contributed by atoms with Crippen molar-refractivity contribution in [2.45, 2.75) is 51.1 Å². The molecular weight excluding hydrogens is 218 g/mol. The van der Waals surface area contributed by atoms with Crippen LogP contribution < -0.4 is 10.6 Å². The van der Waals surface area contributed by atoms with E-state index in [1.807, 2.05) is 6.92 Å². The van der Waals surface area contributed by atoms with Crippen LogP contribution in [0.1, 0.15) is 45.4 Å². The summed E-state index contributed by atoms with van der Waals surface area (Å²) in [5, 5.41) is 5.57. The first-order valence-electron chi connectivity index (χ1n) is 6.37. The highest BCUT2D eigenvalue weighted by Crippen LogP contribution is 2.31. The minimum absolute atomic E-state index is 0.0559. The van der Waals surface area contributed by atoms with Crippen molar-refractivity contribution >= 4 is 17.5 Å². The molecule has 2 N–H and O–H groups in total. The standard InChI is InChI=1S/C12H19N3O2/c1-2-8-13-10(16)9-11(17)15-12(14-9)6-4-3-5-7-12/h2-8H2,1H3,(H,13,16)(H,15,17). The van der Waals surface area contributed by atoms with Gasteiger partial charge in [0.25, 0.3) is 11.8 Å². The normalized spacial score (nSPS) is 22.2. The maximum Gasteiger partial charge on any atom is 0.277 e. The van der Waals surface area contributed by atoms with E-state index in [2.05, 4.69) is 15.6 Å². The summed E-state index contributed by atoms with van der Waals surface area (Å²) in [5.74, 6) is -0.660. The third kappa shape index (κ3) is 2.48. The Bertz CT molecular complexity index is 357. The molecule has 17 heavy (non-hydrogen) atoms. The van der Waals surface area contributed by atoms with E-state index in [9.17, 15) is 9.59 Å². The van der Waals surface area contributed by atoms with Crippen LogP contribution in [0.3, 0.4) is 0 Å². The van der Waals surface area contributed by atoms with Crippen molar-refractivity contribution in [3.63, 3.8) is 0 Å². The second-order valence-electron chi connectivity index (χ2n) is 4.76. The van der Waals surface area contributed by atoms with Gasteiger partial charge in [-0.1, -0.05) is 13.3 Å². The summed E-state index contributed by atoms with van der Waals surface area (Å²) >= 11 is 0. The molecule has 2 rings (SSSR count). The number of carbonyl (C=O) groups excluding carboxylic acids is 2. The lowest BCUT2D eigenvalue weighted by Crippen LogP contribution is -2.45. The van der Waals surface area contributed by atoms with Gasteiger partial charge in [0.1, 0.15) is 5.66 Å². The van der Waals surface area contributed by atoms with E-state index in [4.69, 9.17) is 0 Å². The van der Waals surface area contributed by atoms with Crippen molar-refractivity contribution in [3.8, 4) is 0 Å². The fourth-order valence-electron chi connectivity index (χ4n) is 2.41. The van der Waals surface area contributed by atoms with E-state index in [1.54, 1.807) is 0 Å². The first-order chi connectivity index (χ1) is 8.17. The molecule has 1 fully saturated rings. The first-order valence-corrected chi connectivity index (χ1v) is 6.37. The lowest BCUT2D eigenvalue weighted by molar-refractivity contribution is -0.118. The molecule has 0 radical (unpaired) electrons. The van der Waals surface area contributed by atoms with Crippen LogP contribution in [0.25, 0.3) is 0 Å². The summed E-state index contributed by atoms with van der Waals surface area (Å²) < 4.78 is 0. The van der Waals surface area contributed by atoms with Gasteiger partial charge < -0.3 is 10.6 Å². The zero-order valence-corrected chi connectivity index (χ0v) is 10.2. The SMILES string of the molecule is CCCNC(=O)C1=NC2(CCCCC2)NC1=O. The van der Waals surface area contributed by atoms with Crippen molar-refractivity contribution in [3.05, 3.63) is 0 Å². The Morgan fingerprint density at radius 1 is 1.41 bits per heavy atom. The Hall–Kier alpha value is -1.39. The van der Waals surface area contributed by atoms with Crippen molar-refractivity contribution in [2.24, 2.45) is 4.99 Å². The monoisotopic (exact) mass is 237 g/mol. The van der Waals surface area contributed by atoms with Gasteiger partial charge in [0.2, 0.25) is 0 Å². The molecule has 1 saturated carbocycles. The van der Waals surface area contributed by atoms with Gasteiger partial charge in [-0.05, 0) is 32.1 Å². The molecule has 0 atom stereocenters. The van der Waals surface area contributed by atoms with Crippen LogP contribution in [0.5, 0.6) is 0 Å². The van der Waals surface area contributed by atoms with Gasteiger partial charge in [0, 0.05) is 6.54 Å². The fourth-order valence-corrected chi connectivity index (χ4v) is 2.41. The van der Waals surface area contributed by atoms with Gasteiger partial charge in [0.15, 0.2) is 5.71 Å². The number of hydrogen-bond acceptors (Lipinski definition) is 3. The number of hydrogen-bond donors (Lipinski definition) is 2. The second-order valence-corrected chi connectivity index (χ2v) is 4.76. The maximum absolute atomic E-state index is 11.7. The second kappa shape index (κ2) is 4.85. The molecule has 2 amide bonds. The maximum atomic E-state index is 11.7. The molecule has 0 aromatic heterocycles. The molecule has 2 aliphatic rings. The molecule has 1 heterocycles. The minimum atomic E-state index is -0.478. The Morgan fingerprint density at radius 2 is 2.12 bits per heavy atom. The highest BCUT2D eigenvalue weighted by molar-refractivity contribution is 6.66. The van der Waals surface area contributed by atoms with Gasteiger partial charge in [0.05, 0.1) is 0 Å². The number of aliphatic imine (C=N–C) groups is 1. The number of nitrogens with zero attached hydrogens (tertiary/aromatic N) is 1. The lowest BCUT2D eigenvalue weighted by atomic mass is 9.90. The van der Waals surface area contributed by atoms with E-state index in [0.29, 0.717) is 6.54 Å². The van der Waals surface area contributed by atoms with Crippen molar-refractivity contribution in [1.82, 2.24) is 10.6 Å². The van der Waals surface area contributed by atoms with E-state index >= 15 is 0 Å². The van der Waals surface area contributed by atoms with Gasteiger partial charge in [-0.3, -0.25) is 9.59 Å². The zero-order valence-electron chi connectivity index (χ0n) is 10.2. The average molecular weight is 237 g/mol. The van der Waals surface area contributed by atoms with E-state index in [-0.39, 0.29) is 17.5 Å². The summed E-state index contributed by atoms with van der Waals surface area (Å²) in [5.41, 5.74) is -0.422. The highest BCUT2D eigenvalue weighted by atomic mass is 16.2. The van der Waals surface area contributed by atoms with Gasteiger partial charge in [-0.15, -0.1) is 0 Å². The number of nitrogens with one attached hydrogen (secondary N) is 2. The highest BCUT2D eigenvalue weighted by Gasteiger charge is 2.42. The largest absolute Gasteiger partial charge is 0.351 e. The number of rotatable bonds is 3. The molecule has 5 heteroatoms. The smallest absolute Gasteiger partial charge is 0.277 e. The van der Waals surface area contributed by atoms with E-state index < -0.39 is 5.66 Å². The van der Waals surface area contributed by atoms with Crippen molar-refractivity contribution in [2.75, 3.05) is 6.54 Å². The van der Waals surface area contributed by atoms with Crippen molar-refractivity contribution in [1.29, 1.82) is 0 Å². The van der Waals surface area contributed by atoms with Gasteiger partial charge in [-0.2, -0.15) is 0 Å². The summed E-state index contributed by atoms with van der Waals surface area (Å²) in [6.07, 6.45) is 5.87. The zero-order chi connectivity index (χ0) is 12.3. The molecule has 0 saturated heterocycles. The summed E-state index contributed by atoms with van der Waals surface area (Å²) in [6.45, 7) is 2.55. The molecule has 0 unspecified atom stereocenters. The number of carbonyl (C=O) groups is 2. The predicted octanol–water partition coefficient (Wildman–Crippen LogP) is 0.744. The predicted molar refractivity (Wildman–Crippen MR) is 64.7 cm³/mol. The Labute approximate surface area is 101 Å². The van der Waals surface area contributed by atoms with Crippen LogP contribution >= 0.6 is 0 Å². The summed E-state index contributed by atoms with van der Waals surface area (Å²) in [7, 11) is 0. The molecule has 0 aromatic rings. The van der Waals surface area contributed by atoms with Crippen LogP contribution in [0.2, 0.25) is 0 Å². The Morgan fingerprint density at radius 3 is 2.76 bits per heavy atom. The lowest BCUT2D eigenvalue weighted by Gasteiger charge is -2.30.